The Hall–Kier alpha value is -0.910. The Labute approximate surface area is 128 Å². The van der Waals surface area contributed by atoms with Crippen LogP contribution in [0.5, 0.6) is 0 Å². The Bertz CT molecular complexity index is 637. The van der Waals surface area contributed by atoms with Crippen LogP contribution in [-0.4, -0.2) is 5.25 Å². The van der Waals surface area contributed by atoms with Gasteiger partial charge in [-0.1, -0.05) is 18.2 Å². The molecule has 104 valence electrons. The summed E-state index contributed by atoms with van der Waals surface area (Å²) in [6, 6.07) is 9.90. The van der Waals surface area contributed by atoms with Crippen LogP contribution in [0.1, 0.15) is 17.2 Å². The van der Waals surface area contributed by atoms with E-state index in [0.717, 1.165) is 11.3 Å². The molecule has 0 bridgehead atoms. The van der Waals surface area contributed by atoms with Gasteiger partial charge in [0, 0.05) is 21.8 Å². The molecule has 0 aromatic heterocycles. The summed E-state index contributed by atoms with van der Waals surface area (Å²) in [6.45, 7) is 0. The van der Waals surface area contributed by atoms with E-state index >= 15 is 0 Å². The van der Waals surface area contributed by atoms with E-state index in [-0.39, 0.29) is 15.3 Å². The van der Waals surface area contributed by atoms with Crippen molar-refractivity contribution in [1.29, 1.82) is 0 Å². The topological polar surface area (TPSA) is 26.0 Å². The summed E-state index contributed by atoms with van der Waals surface area (Å²) >= 11 is 4.67. The molecular formula is C15H12BrF2NS. The Morgan fingerprint density at radius 2 is 1.95 bits per heavy atom. The van der Waals surface area contributed by atoms with Crippen LogP contribution in [0.3, 0.4) is 0 Å². The fourth-order valence-electron chi connectivity index (χ4n) is 2.44. The van der Waals surface area contributed by atoms with Crippen molar-refractivity contribution < 1.29 is 8.78 Å². The van der Waals surface area contributed by atoms with Gasteiger partial charge in [-0.2, -0.15) is 0 Å². The van der Waals surface area contributed by atoms with Crippen LogP contribution in [0.25, 0.3) is 0 Å². The van der Waals surface area contributed by atoms with E-state index < -0.39 is 17.7 Å². The molecule has 0 radical (unpaired) electrons. The maximum Gasteiger partial charge on any atom is 0.145 e. The van der Waals surface area contributed by atoms with Gasteiger partial charge in [-0.05, 0) is 46.1 Å². The van der Waals surface area contributed by atoms with Gasteiger partial charge in [-0.25, -0.2) is 8.78 Å². The van der Waals surface area contributed by atoms with E-state index in [1.54, 1.807) is 11.8 Å². The second kappa shape index (κ2) is 5.47. The molecule has 3 rings (SSSR count). The number of benzene rings is 2. The lowest BCUT2D eigenvalue weighted by atomic mass is 9.98. The summed E-state index contributed by atoms with van der Waals surface area (Å²) in [5.41, 5.74) is 7.28. The van der Waals surface area contributed by atoms with Crippen molar-refractivity contribution in [3.05, 3.63) is 63.6 Å². The largest absolute Gasteiger partial charge is 0.323 e. The average molecular weight is 356 g/mol. The van der Waals surface area contributed by atoms with E-state index in [2.05, 4.69) is 15.9 Å². The number of rotatable bonds is 2. The molecule has 0 saturated heterocycles. The predicted octanol–water partition coefficient (Wildman–Crippen LogP) is 4.44. The molecule has 1 aliphatic heterocycles. The molecule has 1 nitrogen and oxygen atoms in total. The molecule has 0 aliphatic carbocycles. The summed E-state index contributed by atoms with van der Waals surface area (Å²) in [5, 5.41) is -0.0503. The highest BCUT2D eigenvalue weighted by molar-refractivity contribution is 9.10. The molecule has 2 unspecified atom stereocenters. The van der Waals surface area contributed by atoms with Crippen molar-refractivity contribution in [2.24, 2.45) is 5.73 Å². The zero-order valence-corrected chi connectivity index (χ0v) is 12.8. The minimum atomic E-state index is -0.676. The standard InChI is InChI=1S/C15H12BrF2NS/c16-9-5-6-10(17)13(14(9)18)15(19)12-7-8-3-1-2-4-11(8)20-12/h1-6,12,15H,7,19H2. The lowest BCUT2D eigenvalue weighted by molar-refractivity contribution is 0.515. The molecule has 5 heteroatoms. The first-order valence-electron chi connectivity index (χ1n) is 6.21. The number of hydrogen-bond donors (Lipinski definition) is 1. The molecule has 20 heavy (non-hydrogen) atoms. The Morgan fingerprint density at radius 1 is 1.20 bits per heavy atom. The number of halogens is 3. The third-order valence-corrected chi connectivity index (χ3v) is 5.51. The fraction of sp³-hybridized carbons (Fsp3) is 0.200. The first kappa shape index (κ1) is 14.0. The smallest absolute Gasteiger partial charge is 0.145 e. The Kier molecular flexibility index (Phi) is 3.84. The molecule has 1 aliphatic rings. The molecule has 0 fully saturated rings. The second-order valence-electron chi connectivity index (χ2n) is 4.75. The van der Waals surface area contributed by atoms with Crippen molar-refractivity contribution >= 4 is 27.7 Å². The summed E-state index contributed by atoms with van der Waals surface area (Å²) in [5.74, 6) is -1.19. The first-order chi connectivity index (χ1) is 9.58. The van der Waals surface area contributed by atoms with Gasteiger partial charge >= 0.3 is 0 Å². The SMILES string of the molecule is NC(c1c(F)ccc(Br)c1F)C1Cc2ccccc2S1. The van der Waals surface area contributed by atoms with E-state index in [9.17, 15) is 8.78 Å². The summed E-state index contributed by atoms with van der Waals surface area (Å²) in [7, 11) is 0. The molecule has 0 saturated carbocycles. The summed E-state index contributed by atoms with van der Waals surface area (Å²) in [6.07, 6.45) is 0.730. The maximum atomic E-state index is 14.1. The molecule has 2 aromatic carbocycles. The van der Waals surface area contributed by atoms with Gasteiger partial charge in [0.2, 0.25) is 0 Å². The van der Waals surface area contributed by atoms with Crippen LogP contribution in [0.15, 0.2) is 45.8 Å². The number of fused-ring (bicyclic) bond motifs is 1. The fourth-order valence-corrected chi connectivity index (χ4v) is 4.12. The van der Waals surface area contributed by atoms with Crippen LogP contribution < -0.4 is 5.73 Å². The van der Waals surface area contributed by atoms with Gasteiger partial charge in [0.25, 0.3) is 0 Å². The second-order valence-corrected chi connectivity index (χ2v) is 6.89. The average Bonchev–Trinajstić information content (AvgIpc) is 2.87. The maximum absolute atomic E-state index is 14.1. The van der Waals surface area contributed by atoms with Gasteiger partial charge in [-0.3, -0.25) is 0 Å². The monoisotopic (exact) mass is 355 g/mol. The summed E-state index contributed by atoms with van der Waals surface area (Å²) in [4.78, 5) is 1.14. The van der Waals surface area contributed by atoms with Crippen LogP contribution >= 0.6 is 27.7 Å². The lowest BCUT2D eigenvalue weighted by Gasteiger charge is -2.20. The third-order valence-electron chi connectivity index (χ3n) is 3.49. The summed E-state index contributed by atoms with van der Waals surface area (Å²) < 4.78 is 28.3. The normalized spacial score (nSPS) is 18.9. The molecule has 2 aromatic rings. The minimum Gasteiger partial charge on any atom is -0.323 e. The van der Waals surface area contributed by atoms with Gasteiger partial charge in [0.1, 0.15) is 11.6 Å². The number of hydrogen-bond acceptors (Lipinski definition) is 2. The van der Waals surface area contributed by atoms with Crippen LogP contribution in [0.2, 0.25) is 0 Å². The Balaban J connectivity index is 1.92. The number of thioether (sulfide) groups is 1. The molecule has 2 atom stereocenters. The predicted molar refractivity (Wildman–Crippen MR) is 80.8 cm³/mol. The van der Waals surface area contributed by atoms with Crippen LogP contribution in [0, 0.1) is 11.6 Å². The molecule has 0 spiro atoms. The van der Waals surface area contributed by atoms with Crippen molar-refractivity contribution in [2.45, 2.75) is 22.6 Å². The quantitative estimate of drug-likeness (QED) is 0.805. The van der Waals surface area contributed by atoms with E-state index in [1.807, 2.05) is 24.3 Å². The highest BCUT2D eigenvalue weighted by Crippen LogP contribution is 2.43. The van der Waals surface area contributed by atoms with Gasteiger partial charge in [0.15, 0.2) is 0 Å². The lowest BCUT2D eigenvalue weighted by Crippen LogP contribution is -2.25. The van der Waals surface area contributed by atoms with E-state index in [0.29, 0.717) is 0 Å². The first-order valence-corrected chi connectivity index (χ1v) is 7.88. The van der Waals surface area contributed by atoms with Crippen molar-refractivity contribution in [1.82, 2.24) is 0 Å². The zero-order chi connectivity index (χ0) is 14.3. The molecule has 2 N–H and O–H groups in total. The molecular weight excluding hydrogens is 344 g/mol. The van der Waals surface area contributed by atoms with Crippen LogP contribution in [-0.2, 0) is 6.42 Å². The highest BCUT2D eigenvalue weighted by Gasteiger charge is 2.31. The molecule has 0 amide bonds. The minimum absolute atomic E-state index is 0.0373. The van der Waals surface area contributed by atoms with Crippen molar-refractivity contribution in [3.63, 3.8) is 0 Å². The Morgan fingerprint density at radius 3 is 2.70 bits per heavy atom. The van der Waals surface area contributed by atoms with Crippen molar-refractivity contribution in [3.8, 4) is 0 Å². The van der Waals surface area contributed by atoms with Crippen molar-refractivity contribution in [2.75, 3.05) is 0 Å². The highest BCUT2D eigenvalue weighted by atomic mass is 79.9. The molecule has 1 heterocycles. The van der Waals surface area contributed by atoms with Crippen LogP contribution in [0.4, 0.5) is 8.78 Å². The van der Waals surface area contributed by atoms with E-state index in [1.165, 1.54) is 17.7 Å². The zero-order valence-electron chi connectivity index (χ0n) is 10.4. The number of nitrogens with two attached hydrogens (primary N) is 1. The van der Waals surface area contributed by atoms with Gasteiger partial charge in [0.05, 0.1) is 4.47 Å². The van der Waals surface area contributed by atoms with E-state index in [4.69, 9.17) is 5.73 Å². The van der Waals surface area contributed by atoms with Gasteiger partial charge < -0.3 is 5.73 Å². The third kappa shape index (κ3) is 2.38. The van der Waals surface area contributed by atoms with Gasteiger partial charge in [-0.15, -0.1) is 11.8 Å².